The second-order valence-electron chi connectivity index (χ2n) is 5.28. The Kier molecular flexibility index (Phi) is 4.43. The topological polar surface area (TPSA) is 41.6 Å². The number of rotatable bonds is 4. The van der Waals surface area contributed by atoms with Crippen LogP contribution in [0.3, 0.4) is 0 Å². The van der Waals surface area contributed by atoms with E-state index < -0.39 is 0 Å². The average molecular weight is 262 g/mol. The van der Waals surface area contributed by atoms with Crippen LogP contribution in [0.25, 0.3) is 0 Å². The first-order valence-corrected chi connectivity index (χ1v) is 6.70. The average Bonchev–Trinajstić information content (AvgIpc) is 2.85. The van der Waals surface area contributed by atoms with E-state index in [4.69, 9.17) is 4.74 Å². The number of nitrogens with zero attached hydrogens (tertiary/aromatic N) is 1. The molecule has 0 unspecified atom stereocenters. The molecule has 2 atom stereocenters. The van der Waals surface area contributed by atoms with Crippen molar-refractivity contribution in [1.29, 1.82) is 0 Å². The Hall–Kier alpha value is -1.55. The molecule has 0 spiro atoms. The van der Waals surface area contributed by atoms with Crippen molar-refractivity contribution in [3.63, 3.8) is 0 Å². The molecule has 1 aliphatic heterocycles. The van der Waals surface area contributed by atoms with E-state index in [1.807, 2.05) is 36.2 Å². The van der Waals surface area contributed by atoms with Gasteiger partial charge < -0.3 is 15.0 Å². The van der Waals surface area contributed by atoms with E-state index in [9.17, 15) is 4.79 Å². The monoisotopic (exact) mass is 262 g/mol. The molecule has 1 N–H and O–H groups in total. The summed E-state index contributed by atoms with van der Waals surface area (Å²) in [6.45, 7) is 4.51. The van der Waals surface area contributed by atoms with Gasteiger partial charge >= 0.3 is 0 Å². The van der Waals surface area contributed by atoms with Gasteiger partial charge in [-0.05, 0) is 30.2 Å². The number of nitrogens with one attached hydrogen (secondary N) is 1. The van der Waals surface area contributed by atoms with Gasteiger partial charge in [0.25, 0.3) is 0 Å². The Morgan fingerprint density at radius 2 is 2.05 bits per heavy atom. The summed E-state index contributed by atoms with van der Waals surface area (Å²) in [5.41, 5.74) is 1.12. The van der Waals surface area contributed by atoms with Crippen LogP contribution in [-0.4, -0.2) is 38.1 Å². The molecule has 4 heteroatoms. The first-order chi connectivity index (χ1) is 9.11. The third kappa shape index (κ3) is 3.26. The van der Waals surface area contributed by atoms with Gasteiger partial charge in [-0.1, -0.05) is 19.1 Å². The zero-order chi connectivity index (χ0) is 13.8. The Morgan fingerprint density at radius 1 is 1.37 bits per heavy atom. The Labute approximate surface area is 114 Å². The number of hydrogen-bond donors (Lipinski definition) is 1. The number of hydrogen-bond acceptors (Lipinski definition) is 3. The minimum atomic E-state index is 0.114. The summed E-state index contributed by atoms with van der Waals surface area (Å²) in [5.74, 6) is 1.61. The summed E-state index contributed by atoms with van der Waals surface area (Å²) in [6.07, 6.45) is 0. The van der Waals surface area contributed by atoms with Gasteiger partial charge in [0.05, 0.1) is 13.0 Å². The molecule has 0 bridgehead atoms. The number of ether oxygens (including phenoxy) is 1. The minimum Gasteiger partial charge on any atom is -0.497 e. The zero-order valence-electron chi connectivity index (χ0n) is 11.8. The summed E-state index contributed by atoms with van der Waals surface area (Å²) >= 11 is 0. The molecule has 0 radical (unpaired) electrons. The molecule has 4 nitrogen and oxygen atoms in total. The van der Waals surface area contributed by atoms with Crippen molar-refractivity contribution in [1.82, 2.24) is 10.2 Å². The molecule has 1 aromatic carbocycles. The zero-order valence-corrected chi connectivity index (χ0v) is 11.8. The van der Waals surface area contributed by atoms with E-state index in [0.717, 1.165) is 24.4 Å². The molecular weight excluding hydrogens is 240 g/mol. The molecule has 1 saturated heterocycles. The highest BCUT2D eigenvalue weighted by Crippen LogP contribution is 2.19. The highest BCUT2D eigenvalue weighted by atomic mass is 16.5. The molecular formula is C15H22N2O2. The number of benzene rings is 1. The van der Waals surface area contributed by atoms with Gasteiger partial charge in [0.1, 0.15) is 5.75 Å². The number of carbonyl (C=O) groups excluding carboxylic acids is 1. The van der Waals surface area contributed by atoms with Crippen molar-refractivity contribution in [2.24, 2.45) is 11.8 Å². The standard InChI is InChI=1S/C15H22N2O2/c1-11-8-16-9-14(11)15(18)17(2)10-12-4-6-13(19-3)7-5-12/h4-7,11,14,16H,8-10H2,1-3H3/t11-,14-/m1/s1. The van der Waals surface area contributed by atoms with Crippen LogP contribution >= 0.6 is 0 Å². The smallest absolute Gasteiger partial charge is 0.227 e. The highest BCUT2D eigenvalue weighted by Gasteiger charge is 2.31. The van der Waals surface area contributed by atoms with E-state index in [0.29, 0.717) is 12.5 Å². The van der Waals surface area contributed by atoms with Gasteiger partial charge in [0, 0.05) is 20.1 Å². The van der Waals surface area contributed by atoms with Crippen LogP contribution in [0, 0.1) is 11.8 Å². The lowest BCUT2D eigenvalue weighted by atomic mass is 9.96. The van der Waals surface area contributed by atoms with Gasteiger partial charge in [0.15, 0.2) is 0 Å². The fourth-order valence-corrected chi connectivity index (χ4v) is 2.51. The van der Waals surface area contributed by atoms with Crippen LogP contribution in [0.1, 0.15) is 12.5 Å². The summed E-state index contributed by atoms with van der Waals surface area (Å²) in [5, 5.41) is 3.27. The van der Waals surface area contributed by atoms with Crippen LogP contribution in [0.2, 0.25) is 0 Å². The quantitative estimate of drug-likeness (QED) is 0.894. The van der Waals surface area contributed by atoms with Crippen LogP contribution < -0.4 is 10.1 Å². The second-order valence-corrected chi connectivity index (χ2v) is 5.28. The van der Waals surface area contributed by atoms with Gasteiger partial charge in [-0.3, -0.25) is 4.79 Å². The summed E-state index contributed by atoms with van der Waals surface area (Å²) in [4.78, 5) is 14.2. The number of methoxy groups -OCH3 is 1. The van der Waals surface area contributed by atoms with Gasteiger partial charge in [-0.15, -0.1) is 0 Å². The first kappa shape index (κ1) is 13.9. The first-order valence-electron chi connectivity index (χ1n) is 6.70. The van der Waals surface area contributed by atoms with Gasteiger partial charge in [0.2, 0.25) is 5.91 Å². The molecule has 1 aliphatic rings. The van der Waals surface area contributed by atoms with Crippen LogP contribution in [0.4, 0.5) is 0 Å². The Balaban J connectivity index is 1.95. The molecule has 2 rings (SSSR count). The second kappa shape index (κ2) is 6.06. The van der Waals surface area contributed by atoms with Crippen LogP contribution in [0.5, 0.6) is 5.75 Å². The van der Waals surface area contributed by atoms with Gasteiger partial charge in [-0.25, -0.2) is 0 Å². The van der Waals surface area contributed by atoms with Gasteiger partial charge in [-0.2, -0.15) is 0 Å². The fraction of sp³-hybridized carbons (Fsp3) is 0.533. The number of carbonyl (C=O) groups is 1. The van der Waals surface area contributed by atoms with E-state index in [2.05, 4.69) is 12.2 Å². The maximum absolute atomic E-state index is 12.3. The molecule has 1 aromatic rings. The van der Waals surface area contributed by atoms with E-state index in [1.165, 1.54) is 0 Å². The SMILES string of the molecule is COc1ccc(CN(C)C(=O)[C@@H]2CNC[C@H]2C)cc1. The van der Waals surface area contributed by atoms with Crippen molar-refractivity contribution in [2.75, 3.05) is 27.2 Å². The van der Waals surface area contributed by atoms with E-state index in [-0.39, 0.29) is 11.8 Å². The number of amides is 1. The highest BCUT2D eigenvalue weighted by molar-refractivity contribution is 5.79. The molecule has 19 heavy (non-hydrogen) atoms. The maximum atomic E-state index is 12.3. The molecule has 0 aromatic heterocycles. The molecule has 0 aliphatic carbocycles. The molecule has 1 heterocycles. The third-order valence-electron chi connectivity index (χ3n) is 3.79. The lowest BCUT2D eigenvalue weighted by Crippen LogP contribution is -2.35. The molecule has 1 fully saturated rings. The lowest BCUT2D eigenvalue weighted by Gasteiger charge is -2.23. The van der Waals surface area contributed by atoms with Crippen LogP contribution in [0.15, 0.2) is 24.3 Å². The maximum Gasteiger partial charge on any atom is 0.227 e. The normalized spacial score (nSPS) is 22.3. The van der Waals surface area contributed by atoms with Crippen LogP contribution in [-0.2, 0) is 11.3 Å². The third-order valence-corrected chi connectivity index (χ3v) is 3.79. The summed E-state index contributed by atoms with van der Waals surface area (Å²) in [6, 6.07) is 7.85. The van der Waals surface area contributed by atoms with Crippen molar-refractivity contribution in [2.45, 2.75) is 13.5 Å². The van der Waals surface area contributed by atoms with Crippen molar-refractivity contribution in [3.8, 4) is 5.75 Å². The van der Waals surface area contributed by atoms with Crippen molar-refractivity contribution >= 4 is 5.91 Å². The van der Waals surface area contributed by atoms with Crippen molar-refractivity contribution in [3.05, 3.63) is 29.8 Å². The Bertz CT molecular complexity index is 430. The Morgan fingerprint density at radius 3 is 2.58 bits per heavy atom. The minimum absolute atomic E-state index is 0.114. The molecule has 1 amide bonds. The predicted octanol–water partition coefficient (Wildman–Crippen LogP) is 1.51. The molecule has 104 valence electrons. The largest absolute Gasteiger partial charge is 0.497 e. The fourth-order valence-electron chi connectivity index (χ4n) is 2.51. The lowest BCUT2D eigenvalue weighted by molar-refractivity contribution is -0.135. The summed E-state index contributed by atoms with van der Waals surface area (Å²) in [7, 11) is 3.52. The molecule has 0 saturated carbocycles. The summed E-state index contributed by atoms with van der Waals surface area (Å²) < 4.78 is 5.13. The predicted molar refractivity (Wildman–Crippen MR) is 75.0 cm³/mol. The van der Waals surface area contributed by atoms with Crippen molar-refractivity contribution < 1.29 is 9.53 Å². The van der Waals surface area contributed by atoms with E-state index in [1.54, 1.807) is 7.11 Å². The van der Waals surface area contributed by atoms with E-state index >= 15 is 0 Å².